The van der Waals surface area contributed by atoms with Gasteiger partial charge in [0.1, 0.15) is 0 Å². The van der Waals surface area contributed by atoms with Crippen molar-refractivity contribution in [3.63, 3.8) is 0 Å². The Labute approximate surface area is 126 Å². The van der Waals surface area contributed by atoms with Crippen molar-refractivity contribution in [1.29, 1.82) is 0 Å². The van der Waals surface area contributed by atoms with Crippen LogP contribution < -0.4 is 0 Å². The van der Waals surface area contributed by atoms with E-state index in [1.54, 1.807) is 6.92 Å². The Balaban J connectivity index is 2.21. The minimum atomic E-state index is -0.783. The maximum Gasteiger partial charge on any atom is 0.331 e. The first-order valence-corrected chi connectivity index (χ1v) is 7.44. The van der Waals surface area contributed by atoms with E-state index in [-0.39, 0.29) is 5.78 Å². The molecule has 1 unspecified atom stereocenters. The van der Waals surface area contributed by atoms with E-state index in [4.69, 9.17) is 4.74 Å². The smallest absolute Gasteiger partial charge is 0.331 e. The van der Waals surface area contributed by atoms with Crippen LogP contribution in [-0.4, -0.2) is 35.8 Å². The van der Waals surface area contributed by atoms with Gasteiger partial charge >= 0.3 is 5.97 Å². The maximum absolute atomic E-state index is 12.6. The molecule has 1 aromatic carbocycles. The monoisotopic (exact) mass is 289 g/mol. The molecule has 114 valence electrons. The maximum atomic E-state index is 12.6. The van der Waals surface area contributed by atoms with E-state index in [1.165, 1.54) is 0 Å². The lowest BCUT2D eigenvalue weighted by molar-refractivity contribution is -0.159. The average Bonchev–Trinajstić information content (AvgIpc) is 2.45. The van der Waals surface area contributed by atoms with Gasteiger partial charge in [0.2, 0.25) is 0 Å². The fraction of sp³-hybridized carbons (Fsp3) is 0.529. The van der Waals surface area contributed by atoms with Gasteiger partial charge in [-0.25, -0.2) is 4.79 Å². The molecule has 2 rings (SSSR count). The fourth-order valence-corrected chi connectivity index (χ4v) is 2.68. The SMILES string of the molecule is CCOC(=O)C1C(=O)C(C)(C)CCN1Cc1ccccc1. The first kappa shape index (κ1) is 15.7. The fourth-order valence-electron chi connectivity index (χ4n) is 2.68. The molecule has 1 aromatic rings. The second-order valence-electron chi connectivity index (χ2n) is 6.11. The predicted octanol–water partition coefficient (Wildman–Crippen LogP) is 2.42. The lowest BCUT2D eigenvalue weighted by Gasteiger charge is -2.40. The number of ether oxygens (including phenoxy) is 1. The molecule has 0 aromatic heterocycles. The molecule has 4 heteroatoms. The number of piperidine rings is 1. The second-order valence-corrected chi connectivity index (χ2v) is 6.11. The van der Waals surface area contributed by atoms with Crippen LogP contribution in [0.1, 0.15) is 32.8 Å². The molecule has 0 saturated carbocycles. The number of carbonyl (C=O) groups is 2. The Morgan fingerprint density at radius 2 is 2.00 bits per heavy atom. The Morgan fingerprint density at radius 1 is 1.33 bits per heavy atom. The zero-order valence-electron chi connectivity index (χ0n) is 13.0. The van der Waals surface area contributed by atoms with Crippen molar-refractivity contribution in [2.75, 3.05) is 13.2 Å². The third-order valence-corrected chi connectivity index (χ3v) is 4.04. The van der Waals surface area contributed by atoms with E-state index in [9.17, 15) is 9.59 Å². The highest BCUT2D eigenvalue weighted by Crippen LogP contribution is 2.32. The molecule has 0 bridgehead atoms. The van der Waals surface area contributed by atoms with Crippen molar-refractivity contribution in [1.82, 2.24) is 4.90 Å². The summed E-state index contributed by atoms with van der Waals surface area (Å²) in [6, 6.07) is 9.11. The van der Waals surface area contributed by atoms with Crippen molar-refractivity contribution in [3.05, 3.63) is 35.9 Å². The van der Waals surface area contributed by atoms with Gasteiger partial charge in [0.05, 0.1) is 6.61 Å². The van der Waals surface area contributed by atoms with Crippen molar-refractivity contribution < 1.29 is 14.3 Å². The van der Waals surface area contributed by atoms with Gasteiger partial charge in [0.15, 0.2) is 11.8 Å². The molecule has 1 saturated heterocycles. The van der Waals surface area contributed by atoms with E-state index in [1.807, 2.05) is 49.1 Å². The van der Waals surface area contributed by atoms with E-state index in [0.29, 0.717) is 13.2 Å². The highest BCUT2D eigenvalue weighted by Gasteiger charge is 2.45. The first-order chi connectivity index (χ1) is 9.95. The van der Waals surface area contributed by atoms with Gasteiger partial charge in [0, 0.05) is 18.5 Å². The Morgan fingerprint density at radius 3 is 2.62 bits per heavy atom. The van der Waals surface area contributed by atoms with Gasteiger partial charge in [-0.1, -0.05) is 44.2 Å². The quantitative estimate of drug-likeness (QED) is 0.631. The number of rotatable bonds is 4. The normalized spacial score (nSPS) is 22.0. The number of likely N-dealkylation sites (tertiary alicyclic amines) is 1. The average molecular weight is 289 g/mol. The Bertz CT molecular complexity index is 510. The summed E-state index contributed by atoms with van der Waals surface area (Å²) < 4.78 is 5.11. The number of esters is 1. The van der Waals surface area contributed by atoms with Gasteiger partial charge in [-0.3, -0.25) is 9.69 Å². The summed E-state index contributed by atoms with van der Waals surface area (Å²) in [5.41, 5.74) is 0.629. The minimum Gasteiger partial charge on any atom is -0.464 e. The van der Waals surface area contributed by atoms with Crippen molar-refractivity contribution >= 4 is 11.8 Å². The molecule has 4 nitrogen and oxygen atoms in total. The zero-order chi connectivity index (χ0) is 15.5. The molecule has 1 aliphatic rings. The van der Waals surface area contributed by atoms with Crippen LogP contribution in [0.25, 0.3) is 0 Å². The topological polar surface area (TPSA) is 46.6 Å². The number of hydrogen-bond acceptors (Lipinski definition) is 4. The molecular weight excluding hydrogens is 266 g/mol. The van der Waals surface area contributed by atoms with Gasteiger partial charge < -0.3 is 4.74 Å². The van der Waals surface area contributed by atoms with Crippen LogP contribution in [0.3, 0.4) is 0 Å². The molecule has 1 fully saturated rings. The molecule has 0 N–H and O–H groups in total. The van der Waals surface area contributed by atoms with Crippen LogP contribution in [0.5, 0.6) is 0 Å². The van der Waals surface area contributed by atoms with E-state index in [0.717, 1.165) is 18.5 Å². The third-order valence-electron chi connectivity index (χ3n) is 4.04. The van der Waals surface area contributed by atoms with E-state index >= 15 is 0 Å². The zero-order valence-corrected chi connectivity index (χ0v) is 13.0. The van der Waals surface area contributed by atoms with E-state index in [2.05, 4.69) is 0 Å². The van der Waals surface area contributed by atoms with Crippen LogP contribution in [0.4, 0.5) is 0 Å². The molecule has 0 amide bonds. The number of benzene rings is 1. The molecule has 1 atom stereocenters. The molecular formula is C17H23NO3. The van der Waals surface area contributed by atoms with Crippen LogP contribution >= 0.6 is 0 Å². The summed E-state index contributed by atoms with van der Waals surface area (Å²) in [5.74, 6) is -0.464. The van der Waals surface area contributed by atoms with Crippen LogP contribution in [0.15, 0.2) is 30.3 Å². The van der Waals surface area contributed by atoms with Gasteiger partial charge in [0.25, 0.3) is 0 Å². The Kier molecular flexibility index (Phi) is 4.78. The van der Waals surface area contributed by atoms with Crippen molar-refractivity contribution in [2.24, 2.45) is 5.41 Å². The third kappa shape index (κ3) is 3.50. The molecule has 1 heterocycles. The number of nitrogens with zero attached hydrogens (tertiary/aromatic N) is 1. The summed E-state index contributed by atoms with van der Waals surface area (Å²) >= 11 is 0. The predicted molar refractivity (Wildman–Crippen MR) is 80.7 cm³/mol. The minimum absolute atomic E-state index is 0.0388. The molecule has 1 aliphatic heterocycles. The van der Waals surface area contributed by atoms with Crippen LogP contribution in [0, 0.1) is 5.41 Å². The second kappa shape index (κ2) is 6.39. The molecule has 0 spiro atoms. The summed E-state index contributed by atoms with van der Waals surface area (Å²) in [7, 11) is 0. The summed E-state index contributed by atoms with van der Waals surface area (Å²) in [6.45, 7) is 7.17. The summed E-state index contributed by atoms with van der Waals surface area (Å²) in [4.78, 5) is 26.8. The number of carbonyl (C=O) groups excluding carboxylic acids is 2. The van der Waals surface area contributed by atoms with Crippen molar-refractivity contribution in [3.8, 4) is 0 Å². The molecule has 0 radical (unpaired) electrons. The Hall–Kier alpha value is -1.68. The summed E-state index contributed by atoms with van der Waals surface area (Å²) in [6.07, 6.45) is 0.759. The van der Waals surface area contributed by atoms with Gasteiger partial charge in [-0.15, -0.1) is 0 Å². The van der Waals surface area contributed by atoms with Crippen molar-refractivity contribution in [2.45, 2.75) is 39.8 Å². The number of Topliss-reactive ketones (excluding diaryl/α,β-unsaturated/α-hetero) is 1. The molecule has 21 heavy (non-hydrogen) atoms. The van der Waals surface area contributed by atoms with Crippen LogP contribution in [0.2, 0.25) is 0 Å². The number of ketones is 1. The lowest BCUT2D eigenvalue weighted by atomic mass is 9.77. The number of hydrogen-bond donors (Lipinski definition) is 0. The van der Waals surface area contributed by atoms with Gasteiger partial charge in [-0.2, -0.15) is 0 Å². The highest BCUT2D eigenvalue weighted by atomic mass is 16.5. The largest absolute Gasteiger partial charge is 0.464 e. The molecule has 0 aliphatic carbocycles. The standard InChI is InChI=1S/C17H23NO3/c1-4-21-16(20)14-15(19)17(2,3)10-11-18(14)12-13-8-6-5-7-9-13/h5-9,14H,4,10-12H2,1-3H3. The highest BCUT2D eigenvalue weighted by molar-refractivity contribution is 6.06. The van der Waals surface area contributed by atoms with Crippen LogP contribution in [-0.2, 0) is 20.9 Å². The lowest BCUT2D eigenvalue weighted by Crippen LogP contribution is -2.56. The summed E-state index contributed by atoms with van der Waals surface area (Å²) in [5, 5.41) is 0. The van der Waals surface area contributed by atoms with Gasteiger partial charge in [-0.05, 0) is 18.9 Å². The van der Waals surface area contributed by atoms with E-state index < -0.39 is 17.4 Å². The first-order valence-electron chi connectivity index (χ1n) is 7.44.